The molecular weight excluding hydrogens is 532 g/mol. The lowest BCUT2D eigenvalue weighted by molar-refractivity contribution is -0.123. The van der Waals surface area contributed by atoms with Crippen molar-refractivity contribution in [2.45, 2.75) is 25.6 Å². The Labute approximate surface area is 243 Å². The van der Waals surface area contributed by atoms with Crippen LogP contribution in [0, 0.1) is 13.8 Å². The van der Waals surface area contributed by atoms with Crippen LogP contribution < -0.4 is 10.2 Å². The first-order chi connectivity index (χ1) is 20.0. The summed E-state index contributed by atoms with van der Waals surface area (Å²) < 4.78 is 7.22. The van der Waals surface area contributed by atoms with Crippen molar-refractivity contribution in [1.82, 2.24) is 15.1 Å². The van der Waals surface area contributed by atoms with E-state index in [0.717, 1.165) is 39.2 Å². The van der Waals surface area contributed by atoms with Gasteiger partial charge in [-0.05, 0) is 48.7 Å². The van der Waals surface area contributed by atoms with Crippen molar-refractivity contribution in [1.29, 1.82) is 0 Å². The van der Waals surface area contributed by atoms with Crippen LogP contribution in [0.1, 0.15) is 33.3 Å². The predicted octanol–water partition coefficient (Wildman–Crippen LogP) is 6.23. The highest BCUT2D eigenvalue weighted by Gasteiger charge is 2.38. The molecule has 2 aromatic heterocycles. The molecule has 2 amide bonds. The zero-order chi connectivity index (χ0) is 28.3. The van der Waals surface area contributed by atoms with Gasteiger partial charge in [0, 0.05) is 11.1 Å². The fourth-order valence-corrected chi connectivity index (χ4v) is 6.52. The maximum Gasteiger partial charge on any atom is 0.240 e. The third-order valence-electron chi connectivity index (χ3n) is 7.29. The molecule has 0 aliphatic carbocycles. The number of nitrogens with zero attached hydrogens (tertiary/aromatic N) is 3. The van der Waals surface area contributed by atoms with E-state index in [-0.39, 0.29) is 35.9 Å². The highest BCUT2D eigenvalue weighted by Crippen LogP contribution is 2.49. The molecule has 5 aromatic rings. The third-order valence-corrected chi connectivity index (χ3v) is 8.53. The Morgan fingerprint density at radius 1 is 0.951 bits per heavy atom. The Balaban J connectivity index is 1.56. The standard InChI is InChI=1S/C33H30N4O3S/c1-22-11-6-8-16-26(22)32-30-31(24-13-4-3-5-14-24)35-37(27-17-9-7-12-23(27)2)33(30)36(29(39)21-41-32)20-28(38)34-19-25-15-10-18-40-25/h3-18,32H,19-21H2,1-2H3,(H,34,38)/t32-/m1/s1. The van der Waals surface area contributed by atoms with Crippen LogP contribution in [0.4, 0.5) is 5.82 Å². The Morgan fingerprint density at radius 3 is 2.41 bits per heavy atom. The average molecular weight is 563 g/mol. The van der Waals surface area contributed by atoms with E-state index in [1.54, 1.807) is 35.1 Å². The van der Waals surface area contributed by atoms with E-state index in [1.165, 1.54) is 0 Å². The molecule has 0 saturated carbocycles. The maximum atomic E-state index is 13.9. The van der Waals surface area contributed by atoms with Crippen molar-refractivity contribution < 1.29 is 14.0 Å². The van der Waals surface area contributed by atoms with Crippen molar-refractivity contribution >= 4 is 29.4 Å². The molecule has 0 saturated heterocycles. The van der Waals surface area contributed by atoms with Gasteiger partial charge >= 0.3 is 0 Å². The van der Waals surface area contributed by atoms with Crippen molar-refractivity contribution in [2.75, 3.05) is 17.2 Å². The molecule has 1 aliphatic heterocycles. The van der Waals surface area contributed by atoms with Gasteiger partial charge in [0.1, 0.15) is 18.1 Å². The number of carbonyl (C=O) groups excluding carboxylic acids is 2. The van der Waals surface area contributed by atoms with E-state index in [4.69, 9.17) is 9.52 Å². The zero-order valence-electron chi connectivity index (χ0n) is 22.9. The first-order valence-corrected chi connectivity index (χ1v) is 14.6. The van der Waals surface area contributed by atoms with Gasteiger partial charge in [0.2, 0.25) is 11.8 Å². The SMILES string of the molecule is Cc1ccccc1[C@H]1SCC(=O)N(CC(=O)NCc2ccco2)c2c1c(-c1ccccc1)nn2-c1ccccc1C. The second kappa shape index (κ2) is 11.5. The first-order valence-electron chi connectivity index (χ1n) is 13.5. The Morgan fingerprint density at radius 2 is 1.68 bits per heavy atom. The van der Waals surface area contributed by atoms with E-state index >= 15 is 0 Å². The summed E-state index contributed by atoms with van der Waals surface area (Å²) in [6.45, 7) is 4.22. The summed E-state index contributed by atoms with van der Waals surface area (Å²) in [7, 11) is 0. The Hall–Kier alpha value is -4.56. The predicted molar refractivity (Wildman–Crippen MR) is 162 cm³/mol. The molecule has 1 aliphatic rings. The number of hydrogen-bond donors (Lipinski definition) is 1. The molecule has 1 N–H and O–H groups in total. The normalized spacial score (nSPS) is 14.9. The second-order valence-corrected chi connectivity index (χ2v) is 11.1. The smallest absolute Gasteiger partial charge is 0.240 e. The van der Waals surface area contributed by atoms with Crippen molar-refractivity contribution in [2.24, 2.45) is 0 Å². The minimum Gasteiger partial charge on any atom is -0.467 e. The molecule has 3 heterocycles. The van der Waals surface area contributed by atoms with Crippen LogP contribution in [0.2, 0.25) is 0 Å². The third kappa shape index (κ3) is 5.30. The number of para-hydroxylation sites is 1. The number of hydrogen-bond acceptors (Lipinski definition) is 5. The van der Waals surface area contributed by atoms with Crippen LogP contribution in [0.3, 0.4) is 0 Å². The number of aryl methyl sites for hydroxylation is 2. The van der Waals surface area contributed by atoms with Gasteiger partial charge < -0.3 is 9.73 Å². The molecular formula is C33H30N4O3S. The van der Waals surface area contributed by atoms with Crippen LogP contribution in [-0.4, -0.2) is 33.9 Å². The number of benzene rings is 3. The number of rotatable bonds is 7. The molecule has 7 nitrogen and oxygen atoms in total. The lowest BCUT2D eigenvalue weighted by Gasteiger charge is -2.24. The van der Waals surface area contributed by atoms with Crippen molar-refractivity contribution in [3.05, 3.63) is 125 Å². The van der Waals surface area contributed by atoms with Gasteiger partial charge in [-0.25, -0.2) is 4.68 Å². The first kappa shape index (κ1) is 26.7. The van der Waals surface area contributed by atoms with Crippen LogP contribution in [0.5, 0.6) is 0 Å². The van der Waals surface area contributed by atoms with Crippen molar-refractivity contribution in [3.8, 4) is 16.9 Å². The molecule has 206 valence electrons. The summed E-state index contributed by atoms with van der Waals surface area (Å²) in [5.74, 6) is 1.07. The Kier molecular flexibility index (Phi) is 7.48. The number of carbonyl (C=O) groups is 2. The number of nitrogens with one attached hydrogen (secondary N) is 1. The van der Waals surface area contributed by atoms with Gasteiger partial charge in [-0.1, -0.05) is 72.8 Å². The van der Waals surface area contributed by atoms with E-state index in [1.807, 2.05) is 78.3 Å². The highest BCUT2D eigenvalue weighted by atomic mass is 32.2. The Bertz CT molecular complexity index is 1690. The number of anilines is 1. The van der Waals surface area contributed by atoms with Gasteiger partial charge in [-0.2, -0.15) is 5.10 Å². The summed E-state index contributed by atoms with van der Waals surface area (Å²) in [4.78, 5) is 28.8. The number of fused-ring (bicyclic) bond motifs is 1. The van der Waals surface area contributed by atoms with Gasteiger partial charge in [0.25, 0.3) is 0 Å². The summed E-state index contributed by atoms with van der Waals surface area (Å²) in [6, 6.07) is 29.9. The number of thioether (sulfide) groups is 1. The molecule has 8 heteroatoms. The van der Waals surface area contributed by atoms with Crippen LogP contribution in [0.15, 0.2) is 102 Å². The largest absolute Gasteiger partial charge is 0.467 e. The zero-order valence-corrected chi connectivity index (χ0v) is 23.7. The maximum absolute atomic E-state index is 13.9. The summed E-state index contributed by atoms with van der Waals surface area (Å²) >= 11 is 1.57. The van der Waals surface area contributed by atoms with Crippen LogP contribution in [-0.2, 0) is 16.1 Å². The van der Waals surface area contributed by atoms with Crippen molar-refractivity contribution in [3.63, 3.8) is 0 Å². The quantitative estimate of drug-likeness (QED) is 0.254. The van der Waals surface area contributed by atoms with E-state index in [9.17, 15) is 9.59 Å². The minimum atomic E-state index is -0.279. The van der Waals surface area contributed by atoms with Gasteiger partial charge in [-0.3, -0.25) is 14.5 Å². The molecule has 0 bridgehead atoms. The number of aromatic nitrogens is 2. The molecule has 1 atom stereocenters. The van der Waals surface area contributed by atoms with E-state index < -0.39 is 0 Å². The van der Waals surface area contributed by atoms with Gasteiger partial charge in [-0.15, -0.1) is 11.8 Å². The fraction of sp³-hybridized carbons (Fsp3) is 0.182. The average Bonchev–Trinajstić information content (AvgIpc) is 3.62. The molecule has 6 rings (SSSR count). The molecule has 41 heavy (non-hydrogen) atoms. The lowest BCUT2D eigenvalue weighted by Crippen LogP contribution is -2.42. The summed E-state index contributed by atoms with van der Waals surface area (Å²) in [6.07, 6.45) is 1.57. The van der Waals surface area contributed by atoms with Gasteiger partial charge in [0.05, 0.1) is 35.2 Å². The number of amides is 2. The summed E-state index contributed by atoms with van der Waals surface area (Å²) in [5, 5.41) is 7.92. The highest BCUT2D eigenvalue weighted by molar-refractivity contribution is 8.00. The molecule has 3 aromatic carbocycles. The van der Waals surface area contributed by atoms with Crippen LogP contribution >= 0.6 is 11.8 Å². The second-order valence-electron chi connectivity index (χ2n) is 10.0. The topological polar surface area (TPSA) is 80.4 Å². The summed E-state index contributed by atoms with van der Waals surface area (Å²) in [5.41, 5.74) is 6.79. The molecule has 0 radical (unpaired) electrons. The molecule has 0 unspecified atom stereocenters. The van der Waals surface area contributed by atoms with Gasteiger partial charge in [0.15, 0.2) is 0 Å². The number of furan rings is 1. The monoisotopic (exact) mass is 562 g/mol. The van der Waals surface area contributed by atoms with E-state index in [0.29, 0.717) is 11.6 Å². The lowest BCUT2D eigenvalue weighted by atomic mass is 9.96. The molecule has 0 spiro atoms. The molecule has 0 fully saturated rings. The van der Waals surface area contributed by atoms with Crippen LogP contribution in [0.25, 0.3) is 16.9 Å². The fourth-order valence-electron chi connectivity index (χ4n) is 5.22. The van der Waals surface area contributed by atoms with E-state index in [2.05, 4.69) is 24.4 Å². The minimum absolute atomic E-state index is 0.139.